The van der Waals surface area contributed by atoms with Crippen LogP contribution in [0.5, 0.6) is 0 Å². The van der Waals surface area contributed by atoms with Crippen molar-refractivity contribution in [3.8, 4) is 0 Å². The molecule has 7 nitrogen and oxygen atoms in total. The third kappa shape index (κ3) is 10.4. The van der Waals surface area contributed by atoms with Crippen molar-refractivity contribution in [2.45, 2.75) is 59.1 Å². The maximum Gasteiger partial charge on any atom is 0.407 e. The van der Waals surface area contributed by atoms with Crippen molar-refractivity contribution in [3.63, 3.8) is 0 Å². The Morgan fingerprint density at radius 1 is 1.34 bits per heavy atom. The van der Waals surface area contributed by atoms with Gasteiger partial charge in [-0.05, 0) is 51.2 Å². The first-order valence-electron chi connectivity index (χ1n) is 10.0. The highest BCUT2D eigenvalue weighted by Crippen LogP contribution is 2.11. The number of nitrogens with one attached hydrogen (secondary N) is 2. The summed E-state index contributed by atoms with van der Waals surface area (Å²) in [5, 5.41) is 6.85. The van der Waals surface area contributed by atoms with Gasteiger partial charge in [-0.25, -0.2) is 9.78 Å². The number of pyridine rings is 1. The highest BCUT2D eigenvalue weighted by Gasteiger charge is 2.22. The first kappa shape index (κ1) is 25.0. The zero-order valence-corrected chi connectivity index (χ0v) is 19.5. The van der Waals surface area contributed by atoms with Crippen LogP contribution in [0.15, 0.2) is 23.3 Å². The Kier molecular flexibility index (Phi) is 10.2. The second-order valence-electron chi connectivity index (χ2n) is 8.42. The molecule has 1 aromatic heterocycles. The second kappa shape index (κ2) is 11.9. The Balaban J connectivity index is 2.49. The number of carbonyl (C=O) groups excluding carboxylic acids is 1. The van der Waals surface area contributed by atoms with Crippen molar-refractivity contribution < 1.29 is 9.53 Å². The van der Waals surface area contributed by atoms with E-state index in [1.54, 1.807) is 19.3 Å². The van der Waals surface area contributed by atoms with E-state index in [0.717, 1.165) is 37.5 Å². The van der Waals surface area contributed by atoms with Gasteiger partial charge < -0.3 is 20.3 Å². The Bertz CT molecular complexity index is 656. The van der Waals surface area contributed by atoms with Crippen LogP contribution < -0.4 is 10.6 Å². The lowest BCUT2D eigenvalue weighted by atomic mass is 10.0. The van der Waals surface area contributed by atoms with Gasteiger partial charge in [-0.15, -0.1) is 0 Å². The van der Waals surface area contributed by atoms with E-state index in [-0.39, 0.29) is 12.1 Å². The number of nitrogens with zero attached hydrogens (tertiary/aromatic N) is 3. The molecule has 1 aromatic rings. The average molecular weight is 426 g/mol. The summed E-state index contributed by atoms with van der Waals surface area (Å²) in [5.41, 5.74) is 0.606. The lowest BCUT2D eigenvalue weighted by molar-refractivity contribution is 0.0486. The number of aromatic nitrogens is 1. The van der Waals surface area contributed by atoms with Crippen molar-refractivity contribution >= 4 is 23.7 Å². The number of ether oxygens (including phenoxy) is 1. The summed E-state index contributed by atoms with van der Waals surface area (Å²) in [5.74, 6) is 1.11. The topological polar surface area (TPSA) is 78.9 Å². The molecule has 0 spiro atoms. The van der Waals surface area contributed by atoms with E-state index in [9.17, 15) is 4.79 Å². The van der Waals surface area contributed by atoms with Crippen molar-refractivity contribution in [3.05, 3.63) is 29.0 Å². The van der Waals surface area contributed by atoms with Gasteiger partial charge in [0, 0.05) is 39.4 Å². The molecular formula is C21H36ClN5O2. The predicted molar refractivity (Wildman–Crippen MR) is 120 cm³/mol. The minimum atomic E-state index is -0.506. The maximum atomic E-state index is 12.1. The van der Waals surface area contributed by atoms with Crippen LogP contribution in [0.3, 0.4) is 0 Å². The number of carbonyl (C=O) groups is 1. The summed E-state index contributed by atoms with van der Waals surface area (Å²) in [4.78, 5) is 22.6. The largest absolute Gasteiger partial charge is 0.444 e. The summed E-state index contributed by atoms with van der Waals surface area (Å²) in [6.07, 6.45) is 3.02. The number of hydrogen-bond donors (Lipinski definition) is 2. The fourth-order valence-corrected chi connectivity index (χ4v) is 2.84. The molecule has 1 atom stereocenters. The van der Waals surface area contributed by atoms with E-state index in [1.165, 1.54) is 0 Å². The van der Waals surface area contributed by atoms with Gasteiger partial charge in [0.25, 0.3) is 0 Å². The van der Waals surface area contributed by atoms with E-state index in [2.05, 4.69) is 39.4 Å². The normalized spacial score (nSPS) is 13.2. The zero-order valence-electron chi connectivity index (χ0n) is 18.8. The van der Waals surface area contributed by atoms with Gasteiger partial charge >= 0.3 is 6.09 Å². The molecule has 1 rings (SSSR count). The summed E-state index contributed by atoms with van der Waals surface area (Å²) in [7, 11) is 3.76. The molecule has 0 aliphatic rings. The number of aliphatic imine (C=N–C) groups is 1. The Labute approximate surface area is 180 Å². The van der Waals surface area contributed by atoms with Gasteiger partial charge in [0.1, 0.15) is 10.8 Å². The fraction of sp³-hybridized carbons (Fsp3) is 0.667. The van der Waals surface area contributed by atoms with Crippen molar-refractivity contribution in [1.82, 2.24) is 20.5 Å². The number of alkyl carbamates (subject to hydrolysis) is 1. The van der Waals surface area contributed by atoms with E-state index in [1.807, 2.05) is 33.9 Å². The van der Waals surface area contributed by atoms with Crippen LogP contribution in [-0.2, 0) is 11.2 Å². The van der Waals surface area contributed by atoms with Crippen LogP contribution in [0.1, 0.15) is 46.6 Å². The summed E-state index contributed by atoms with van der Waals surface area (Å²) < 4.78 is 5.38. The SMILES string of the molecule is CN=C(NCCc1ccc(Cl)nc1)N(C)CCC(NC(=O)OC(C)(C)C)C(C)C. The molecule has 1 unspecified atom stereocenters. The highest BCUT2D eigenvalue weighted by molar-refractivity contribution is 6.29. The fourth-order valence-electron chi connectivity index (χ4n) is 2.73. The molecule has 0 aliphatic heterocycles. The Morgan fingerprint density at radius 2 is 2.03 bits per heavy atom. The van der Waals surface area contributed by atoms with Crippen LogP contribution in [0.4, 0.5) is 4.79 Å². The number of hydrogen-bond acceptors (Lipinski definition) is 4. The lowest BCUT2D eigenvalue weighted by Gasteiger charge is -2.28. The highest BCUT2D eigenvalue weighted by atomic mass is 35.5. The van der Waals surface area contributed by atoms with Crippen LogP contribution in [0.2, 0.25) is 5.15 Å². The molecular weight excluding hydrogens is 390 g/mol. The predicted octanol–water partition coefficient (Wildman–Crippen LogP) is 3.72. The molecule has 0 radical (unpaired) electrons. The van der Waals surface area contributed by atoms with Gasteiger partial charge in [0.15, 0.2) is 5.96 Å². The molecule has 29 heavy (non-hydrogen) atoms. The summed E-state index contributed by atoms with van der Waals surface area (Å²) in [6.45, 7) is 11.3. The van der Waals surface area contributed by atoms with Gasteiger partial charge in [-0.3, -0.25) is 4.99 Å². The van der Waals surface area contributed by atoms with E-state index >= 15 is 0 Å². The molecule has 164 valence electrons. The minimum absolute atomic E-state index is 0.0190. The molecule has 0 saturated carbocycles. The minimum Gasteiger partial charge on any atom is -0.444 e. The quantitative estimate of drug-likeness (QED) is 0.377. The van der Waals surface area contributed by atoms with Crippen LogP contribution in [-0.4, -0.2) is 60.8 Å². The molecule has 0 saturated heterocycles. The second-order valence-corrected chi connectivity index (χ2v) is 8.81. The van der Waals surface area contributed by atoms with Gasteiger partial charge in [0.05, 0.1) is 0 Å². The average Bonchev–Trinajstić information content (AvgIpc) is 2.61. The van der Waals surface area contributed by atoms with Crippen molar-refractivity contribution in [2.75, 3.05) is 27.2 Å². The van der Waals surface area contributed by atoms with E-state index in [4.69, 9.17) is 16.3 Å². The van der Waals surface area contributed by atoms with Gasteiger partial charge in [-0.2, -0.15) is 0 Å². The molecule has 0 fully saturated rings. The van der Waals surface area contributed by atoms with Gasteiger partial charge in [-0.1, -0.05) is 31.5 Å². The maximum absolute atomic E-state index is 12.1. The Hall–Kier alpha value is -2.02. The standard InChI is InChI=1S/C21H36ClN5O2/c1-15(2)17(26-20(28)29-21(3,4)5)11-13-27(7)19(23-6)24-12-10-16-8-9-18(22)25-14-16/h8-9,14-15,17H,10-13H2,1-7H3,(H,23,24)(H,26,28). The smallest absolute Gasteiger partial charge is 0.407 e. The third-order valence-corrected chi connectivity index (χ3v) is 4.56. The van der Waals surface area contributed by atoms with Crippen LogP contribution in [0.25, 0.3) is 0 Å². The molecule has 8 heteroatoms. The first-order valence-corrected chi connectivity index (χ1v) is 10.4. The summed E-state index contributed by atoms with van der Waals surface area (Å²) >= 11 is 5.82. The van der Waals surface area contributed by atoms with Crippen LogP contribution in [0, 0.1) is 5.92 Å². The first-order chi connectivity index (χ1) is 13.5. The van der Waals surface area contributed by atoms with E-state index < -0.39 is 5.60 Å². The molecule has 0 bridgehead atoms. The number of amides is 1. The number of halogens is 1. The van der Waals surface area contributed by atoms with Crippen LogP contribution >= 0.6 is 11.6 Å². The molecule has 0 aliphatic carbocycles. The van der Waals surface area contributed by atoms with Crippen molar-refractivity contribution in [1.29, 1.82) is 0 Å². The molecule has 1 amide bonds. The molecule has 1 heterocycles. The zero-order chi connectivity index (χ0) is 22.0. The Morgan fingerprint density at radius 3 is 2.55 bits per heavy atom. The monoisotopic (exact) mass is 425 g/mol. The van der Waals surface area contributed by atoms with Gasteiger partial charge in [0.2, 0.25) is 0 Å². The number of guanidine groups is 1. The number of rotatable bonds is 8. The summed E-state index contributed by atoms with van der Waals surface area (Å²) in [6, 6.07) is 3.78. The lowest BCUT2D eigenvalue weighted by Crippen LogP contribution is -2.45. The molecule has 0 aromatic carbocycles. The van der Waals surface area contributed by atoms with E-state index in [0.29, 0.717) is 11.1 Å². The van der Waals surface area contributed by atoms with Crippen molar-refractivity contribution in [2.24, 2.45) is 10.9 Å². The molecule has 2 N–H and O–H groups in total. The third-order valence-electron chi connectivity index (χ3n) is 4.34.